The summed E-state index contributed by atoms with van der Waals surface area (Å²) in [5.74, 6) is 2.02. The molecular weight excluding hydrogens is 184 g/mol. The van der Waals surface area contributed by atoms with Crippen LogP contribution >= 0.6 is 0 Å². The van der Waals surface area contributed by atoms with Crippen molar-refractivity contribution in [2.45, 2.75) is 45.6 Å². The van der Waals surface area contributed by atoms with Gasteiger partial charge in [-0.3, -0.25) is 0 Å². The van der Waals surface area contributed by atoms with Crippen LogP contribution in [-0.2, 0) is 0 Å². The lowest BCUT2D eigenvalue weighted by atomic mass is 10.2. The van der Waals surface area contributed by atoms with E-state index in [1.165, 1.54) is 51.9 Å². The smallest absolute Gasteiger partial charge is 0.0107 e. The first kappa shape index (κ1) is 11.4. The van der Waals surface area contributed by atoms with E-state index in [1.807, 2.05) is 0 Å². The number of hydrogen-bond donors (Lipinski definition) is 1. The maximum atomic E-state index is 3.66. The van der Waals surface area contributed by atoms with E-state index in [2.05, 4.69) is 24.1 Å². The summed E-state index contributed by atoms with van der Waals surface area (Å²) in [6, 6.07) is 0.754. The summed E-state index contributed by atoms with van der Waals surface area (Å²) in [4.78, 5) is 2.60. The highest BCUT2D eigenvalue weighted by Crippen LogP contribution is 2.32. The van der Waals surface area contributed by atoms with Crippen LogP contribution in [0.25, 0.3) is 0 Å². The second-order valence-electron chi connectivity index (χ2n) is 5.42. The zero-order chi connectivity index (χ0) is 10.7. The molecule has 0 aromatic rings. The molecule has 0 aliphatic heterocycles. The van der Waals surface area contributed by atoms with Crippen molar-refractivity contribution >= 4 is 0 Å². The van der Waals surface area contributed by atoms with Gasteiger partial charge in [-0.05, 0) is 51.0 Å². The van der Waals surface area contributed by atoms with Crippen molar-refractivity contribution < 1.29 is 0 Å². The third-order valence-electron chi connectivity index (χ3n) is 3.88. The van der Waals surface area contributed by atoms with Crippen LogP contribution < -0.4 is 5.32 Å². The Hall–Kier alpha value is -0.0800. The second kappa shape index (κ2) is 5.31. The number of likely N-dealkylation sites (N-methyl/N-ethyl adjacent to an activating group) is 1. The average molecular weight is 210 g/mol. The van der Waals surface area contributed by atoms with Gasteiger partial charge in [-0.1, -0.05) is 6.92 Å². The van der Waals surface area contributed by atoms with Crippen LogP contribution in [0.4, 0.5) is 0 Å². The molecular formula is C13H26N2. The van der Waals surface area contributed by atoms with Gasteiger partial charge in [0.15, 0.2) is 0 Å². The Balaban J connectivity index is 1.53. The van der Waals surface area contributed by atoms with E-state index in [0.29, 0.717) is 0 Å². The summed E-state index contributed by atoms with van der Waals surface area (Å²) in [5, 5.41) is 3.66. The minimum absolute atomic E-state index is 0.754. The topological polar surface area (TPSA) is 15.3 Å². The van der Waals surface area contributed by atoms with Crippen LogP contribution in [0.5, 0.6) is 0 Å². The van der Waals surface area contributed by atoms with Crippen molar-refractivity contribution in [2.24, 2.45) is 11.8 Å². The first-order valence-corrected chi connectivity index (χ1v) is 6.75. The van der Waals surface area contributed by atoms with Crippen LogP contribution in [0.15, 0.2) is 0 Å². The molecule has 0 heterocycles. The largest absolute Gasteiger partial charge is 0.313 e. The Morgan fingerprint density at radius 1 is 1.27 bits per heavy atom. The monoisotopic (exact) mass is 210 g/mol. The summed E-state index contributed by atoms with van der Waals surface area (Å²) >= 11 is 0. The third-order valence-corrected chi connectivity index (χ3v) is 3.88. The van der Waals surface area contributed by atoms with Crippen molar-refractivity contribution in [3.63, 3.8) is 0 Å². The van der Waals surface area contributed by atoms with Gasteiger partial charge in [-0.15, -0.1) is 0 Å². The standard InChI is InChI=1S/C13H26N2/c1-3-15(10-12-4-5-12)9-8-14-11(2)13-6-7-13/h11-14H,3-10H2,1-2H3. The van der Waals surface area contributed by atoms with Crippen LogP contribution in [0.1, 0.15) is 39.5 Å². The fourth-order valence-corrected chi connectivity index (χ4v) is 2.26. The molecule has 1 N–H and O–H groups in total. The zero-order valence-corrected chi connectivity index (χ0v) is 10.3. The quantitative estimate of drug-likeness (QED) is 0.660. The Bertz CT molecular complexity index is 185. The number of rotatable bonds is 8. The predicted octanol–water partition coefficient (Wildman–Crippen LogP) is 2.11. The lowest BCUT2D eigenvalue weighted by molar-refractivity contribution is 0.270. The normalized spacial score (nSPS) is 23.4. The molecule has 0 amide bonds. The molecule has 2 rings (SSSR count). The van der Waals surface area contributed by atoms with E-state index in [0.717, 1.165) is 17.9 Å². The summed E-state index contributed by atoms with van der Waals surface area (Å²) in [6.07, 6.45) is 5.85. The molecule has 0 radical (unpaired) electrons. The summed E-state index contributed by atoms with van der Waals surface area (Å²) in [6.45, 7) is 9.61. The second-order valence-corrected chi connectivity index (χ2v) is 5.42. The molecule has 2 nitrogen and oxygen atoms in total. The Kier molecular flexibility index (Phi) is 4.04. The molecule has 2 aliphatic carbocycles. The molecule has 0 spiro atoms. The Morgan fingerprint density at radius 3 is 2.53 bits per heavy atom. The molecule has 2 aliphatic rings. The molecule has 2 saturated carbocycles. The van der Waals surface area contributed by atoms with E-state index in [9.17, 15) is 0 Å². The Labute approximate surface area is 94.4 Å². The number of nitrogens with one attached hydrogen (secondary N) is 1. The summed E-state index contributed by atoms with van der Waals surface area (Å²) in [7, 11) is 0. The maximum Gasteiger partial charge on any atom is 0.0107 e. The highest BCUT2D eigenvalue weighted by atomic mass is 15.1. The molecule has 0 saturated heterocycles. The van der Waals surface area contributed by atoms with E-state index in [-0.39, 0.29) is 0 Å². The molecule has 2 fully saturated rings. The van der Waals surface area contributed by atoms with Gasteiger partial charge < -0.3 is 10.2 Å². The van der Waals surface area contributed by atoms with E-state index >= 15 is 0 Å². The van der Waals surface area contributed by atoms with Gasteiger partial charge >= 0.3 is 0 Å². The fourth-order valence-electron chi connectivity index (χ4n) is 2.26. The van der Waals surface area contributed by atoms with Gasteiger partial charge in [0.05, 0.1) is 0 Å². The molecule has 1 atom stereocenters. The van der Waals surface area contributed by atoms with Crippen molar-refractivity contribution in [3.05, 3.63) is 0 Å². The summed E-state index contributed by atoms with van der Waals surface area (Å²) < 4.78 is 0. The zero-order valence-electron chi connectivity index (χ0n) is 10.3. The lowest BCUT2D eigenvalue weighted by Gasteiger charge is -2.21. The van der Waals surface area contributed by atoms with Gasteiger partial charge in [0.1, 0.15) is 0 Å². The van der Waals surface area contributed by atoms with Gasteiger partial charge in [0.2, 0.25) is 0 Å². The Morgan fingerprint density at radius 2 is 2.00 bits per heavy atom. The average Bonchev–Trinajstić information content (AvgIpc) is 3.08. The van der Waals surface area contributed by atoms with Crippen LogP contribution in [0.3, 0.4) is 0 Å². The minimum atomic E-state index is 0.754. The van der Waals surface area contributed by atoms with Crippen LogP contribution in [0, 0.1) is 11.8 Å². The molecule has 1 unspecified atom stereocenters. The predicted molar refractivity (Wildman–Crippen MR) is 65.0 cm³/mol. The van der Waals surface area contributed by atoms with Gasteiger partial charge in [0.25, 0.3) is 0 Å². The van der Waals surface area contributed by atoms with Crippen LogP contribution in [0.2, 0.25) is 0 Å². The van der Waals surface area contributed by atoms with Gasteiger partial charge in [0, 0.05) is 25.7 Å². The van der Waals surface area contributed by atoms with Crippen molar-refractivity contribution in [1.29, 1.82) is 0 Å². The third kappa shape index (κ3) is 4.12. The SMILES string of the molecule is CCN(CCNC(C)C1CC1)CC1CC1. The van der Waals surface area contributed by atoms with Crippen LogP contribution in [-0.4, -0.2) is 37.1 Å². The van der Waals surface area contributed by atoms with E-state index < -0.39 is 0 Å². The molecule has 2 heteroatoms. The highest BCUT2D eigenvalue weighted by molar-refractivity contribution is 4.83. The highest BCUT2D eigenvalue weighted by Gasteiger charge is 2.27. The van der Waals surface area contributed by atoms with Crippen molar-refractivity contribution in [2.75, 3.05) is 26.2 Å². The van der Waals surface area contributed by atoms with Gasteiger partial charge in [-0.2, -0.15) is 0 Å². The first-order valence-electron chi connectivity index (χ1n) is 6.75. The number of hydrogen-bond acceptors (Lipinski definition) is 2. The lowest BCUT2D eigenvalue weighted by Crippen LogP contribution is -2.37. The minimum Gasteiger partial charge on any atom is -0.313 e. The molecule has 0 bridgehead atoms. The molecule has 0 aromatic heterocycles. The molecule has 88 valence electrons. The van der Waals surface area contributed by atoms with Crippen molar-refractivity contribution in [3.8, 4) is 0 Å². The summed E-state index contributed by atoms with van der Waals surface area (Å²) in [5.41, 5.74) is 0. The first-order chi connectivity index (χ1) is 7.29. The fraction of sp³-hybridized carbons (Fsp3) is 1.00. The van der Waals surface area contributed by atoms with Crippen molar-refractivity contribution in [1.82, 2.24) is 10.2 Å². The van der Waals surface area contributed by atoms with Gasteiger partial charge in [-0.25, -0.2) is 0 Å². The maximum absolute atomic E-state index is 3.66. The molecule has 15 heavy (non-hydrogen) atoms. The molecule has 0 aromatic carbocycles. The van der Waals surface area contributed by atoms with E-state index in [1.54, 1.807) is 0 Å². The number of nitrogens with zero attached hydrogens (tertiary/aromatic N) is 1. The van der Waals surface area contributed by atoms with E-state index in [4.69, 9.17) is 0 Å².